The first kappa shape index (κ1) is 16.5. The highest BCUT2D eigenvalue weighted by molar-refractivity contribution is 6.35. The van der Waals surface area contributed by atoms with E-state index in [1.165, 1.54) is 6.07 Å². The first-order chi connectivity index (χ1) is 11.4. The highest BCUT2D eigenvalue weighted by Gasteiger charge is 2.16. The smallest absolute Gasteiger partial charge is 0.291 e. The predicted molar refractivity (Wildman–Crippen MR) is 88.5 cm³/mol. The van der Waals surface area contributed by atoms with E-state index in [9.17, 15) is 13.6 Å². The zero-order valence-corrected chi connectivity index (χ0v) is 13.5. The molecule has 0 unspecified atom stereocenters. The number of furan rings is 1. The number of hydrogen-bond donors (Lipinski definition) is 1. The van der Waals surface area contributed by atoms with Crippen molar-refractivity contribution in [1.82, 2.24) is 0 Å². The van der Waals surface area contributed by atoms with Crippen LogP contribution in [-0.2, 0) is 0 Å². The lowest BCUT2D eigenvalue weighted by atomic mass is 10.2. The Kier molecular flexibility index (Phi) is 4.55. The number of benzene rings is 2. The monoisotopic (exact) mass is 367 g/mol. The van der Waals surface area contributed by atoms with Crippen molar-refractivity contribution in [2.75, 3.05) is 5.32 Å². The Morgan fingerprint density at radius 2 is 1.79 bits per heavy atom. The average Bonchev–Trinajstić information content (AvgIpc) is 3.02. The van der Waals surface area contributed by atoms with Crippen LogP contribution in [0.3, 0.4) is 0 Å². The van der Waals surface area contributed by atoms with Crippen LogP contribution in [0.15, 0.2) is 52.9 Å². The Balaban J connectivity index is 1.85. The molecule has 7 heteroatoms. The summed E-state index contributed by atoms with van der Waals surface area (Å²) in [7, 11) is 0. The van der Waals surface area contributed by atoms with E-state index in [0.717, 1.165) is 12.1 Å². The Bertz CT molecular complexity index is 925. The van der Waals surface area contributed by atoms with Gasteiger partial charge in [0.2, 0.25) is 0 Å². The molecule has 0 spiro atoms. The normalized spacial score (nSPS) is 10.7. The maximum Gasteiger partial charge on any atom is 0.291 e. The lowest BCUT2D eigenvalue weighted by Crippen LogP contribution is -2.12. The summed E-state index contributed by atoms with van der Waals surface area (Å²) in [6.45, 7) is 0. The summed E-state index contributed by atoms with van der Waals surface area (Å²) in [5, 5.41) is 3.18. The second-order valence-electron chi connectivity index (χ2n) is 4.87. The van der Waals surface area contributed by atoms with E-state index in [1.807, 2.05) is 0 Å². The number of anilines is 1. The lowest BCUT2D eigenvalue weighted by molar-refractivity contribution is 0.0997. The van der Waals surface area contributed by atoms with Gasteiger partial charge in [-0.3, -0.25) is 4.79 Å². The third-order valence-electron chi connectivity index (χ3n) is 3.20. The van der Waals surface area contributed by atoms with E-state index in [4.69, 9.17) is 27.6 Å². The van der Waals surface area contributed by atoms with Crippen molar-refractivity contribution >= 4 is 34.8 Å². The van der Waals surface area contributed by atoms with E-state index < -0.39 is 17.5 Å². The fraction of sp³-hybridized carbons (Fsp3) is 0. The van der Waals surface area contributed by atoms with Crippen LogP contribution >= 0.6 is 23.2 Å². The molecule has 24 heavy (non-hydrogen) atoms. The maximum atomic E-state index is 13.6. The molecular formula is C17H9Cl2F2NO2. The van der Waals surface area contributed by atoms with Gasteiger partial charge in [0, 0.05) is 16.7 Å². The summed E-state index contributed by atoms with van der Waals surface area (Å²) < 4.78 is 31.9. The summed E-state index contributed by atoms with van der Waals surface area (Å²) in [4.78, 5) is 12.1. The molecule has 0 aliphatic rings. The van der Waals surface area contributed by atoms with Crippen LogP contribution in [-0.4, -0.2) is 5.91 Å². The van der Waals surface area contributed by atoms with E-state index in [0.29, 0.717) is 27.4 Å². The highest BCUT2D eigenvalue weighted by Crippen LogP contribution is 2.32. The Morgan fingerprint density at radius 1 is 1.00 bits per heavy atom. The minimum Gasteiger partial charge on any atom is -0.451 e. The maximum absolute atomic E-state index is 13.6. The fourth-order valence-corrected chi connectivity index (χ4v) is 2.45. The number of amides is 1. The van der Waals surface area contributed by atoms with Crippen LogP contribution in [0.5, 0.6) is 0 Å². The van der Waals surface area contributed by atoms with Crippen LogP contribution in [0, 0.1) is 11.6 Å². The molecule has 0 fully saturated rings. The third-order valence-corrected chi connectivity index (χ3v) is 3.77. The molecule has 3 nitrogen and oxygen atoms in total. The van der Waals surface area contributed by atoms with Gasteiger partial charge < -0.3 is 9.73 Å². The minimum absolute atomic E-state index is 0.0511. The number of carbonyl (C=O) groups is 1. The second kappa shape index (κ2) is 6.63. The number of halogens is 4. The van der Waals surface area contributed by atoms with Gasteiger partial charge in [0.1, 0.15) is 17.4 Å². The van der Waals surface area contributed by atoms with Crippen LogP contribution in [0.1, 0.15) is 10.6 Å². The first-order valence-electron chi connectivity index (χ1n) is 6.76. The molecule has 2 aromatic carbocycles. The minimum atomic E-state index is -0.881. The van der Waals surface area contributed by atoms with Crippen molar-refractivity contribution in [2.24, 2.45) is 0 Å². The fourth-order valence-electron chi connectivity index (χ4n) is 2.07. The number of carbonyl (C=O) groups excluding carboxylic acids is 1. The third kappa shape index (κ3) is 3.42. The Morgan fingerprint density at radius 3 is 2.54 bits per heavy atom. The molecule has 0 radical (unpaired) electrons. The molecule has 3 rings (SSSR count). The molecule has 1 aromatic heterocycles. The van der Waals surface area contributed by atoms with Crippen LogP contribution in [0.25, 0.3) is 11.3 Å². The zero-order chi connectivity index (χ0) is 17.3. The Hall–Kier alpha value is -2.37. The molecule has 0 saturated heterocycles. The van der Waals surface area contributed by atoms with Gasteiger partial charge in [-0.1, -0.05) is 23.2 Å². The lowest BCUT2D eigenvalue weighted by Gasteiger charge is -2.05. The number of rotatable bonds is 3. The summed E-state index contributed by atoms with van der Waals surface area (Å²) in [5.74, 6) is -2.00. The largest absolute Gasteiger partial charge is 0.451 e. The van der Waals surface area contributed by atoms with Crippen LogP contribution in [0.4, 0.5) is 14.5 Å². The molecule has 0 aliphatic carbocycles. The van der Waals surface area contributed by atoms with Gasteiger partial charge in [-0.15, -0.1) is 0 Å². The molecule has 0 aliphatic heterocycles. The van der Waals surface area contributed by atoms with E-state index in [2.05, 4.69) is 5.32 Å². The summed E-state index contributed by atoms with van der Waals surface area (Å²) in [6.07, 6.45) is 0. The van der Waals surface area contributed by atoms with Crippen molar-refractivity contribution in [2.45, 2.75) is 0 Å². The summed E-state index contributed by atoms with van der Waals surface area (Å²) >= 11 is 12.0. The van der Waals surface area contributed by atoms with Gasteiger partial charge >= 0.3 is 0 Å². The topological polar surface area (TPSA) is 42.2 Å². The van der Waals surface area contributed by atoms with Gasteiger partial charge in [-0.2, -0.15) is 0 Å². The van der Waals surface area contributed by atoms with E-state index in [-0.39, 0.29) is 11.4 Å². The number of hydrogen-bond acceptors (Lipinski definition) is 2. The summed E-state index contributed by atoms with van der Waals surface area (Å²) in [6, 6.07) is 10.6. The molecule has 1 amide bonds. The SMILES string of the molecule is O=C(Nc1ccc(F)cc1F)c1ccc(-c2cc(Cl)ccc2Cl)o1. The summed E-state index contributed by atoms with van der Waals surface area (Å²) in [5.41, 5.74) is 0.372. The number of nitrogens with one attached hydrogen (secondary N) is 1. The molecule has 0 saturated carbocycles. The molecular weight excluding hydrogens is 359 g/mol. The molecule has 0 bridgehead atoms. The zero-order valence-electron chi connectivity index (χ0n) is 11.9. The van der Waals surface area contributed by atoms with E-state index in [1.54, 1.807) is 24.3 Å². The van der Waals surface area contributed by atoms with Crippen molar-refractivity contribution in [3.8, 4) is 11.3 Å². The van der Waals surface area contributed by atoms with E-state index >= 15 is 0 Å². The van der Waals surface area contributed by atoms with Gasteiger partial charge in [0.05, 0.1) is 10.7 Å². The van der Waals surface area contributed by atoms with Crippen LogP contribution < -0.4 is 5.32 Å². The molecule has 3 aromatic rings. The van der Waals surface area contributed by atoms with Gasteiger partial charge in [-0.05, 0) is 42.5 Å². The van der Waals surface area contributed by atoms with Crippen LogP contribution in [0.2, 0.25) is 10.0 Å². The van der Waals surface area contributed by atoms with Crippen molar-refractivity contribution in [3.05, 3.63) is 76.0 Å². The highest BCUT2D eigenvalue weighted by atomic mass is 35.5. The average molecular weight is 368 g/mol. The van der Waals surface area contributed by atoms with Crippen molar-refractivity contribution < 1.29 is 18.0 Å². The van der Waals surface area contributed by atoms with Crippen molar-refractivity contribution in [1.29, 1.82) is 0 Å². The predicted octanol–water partition coefficient (Wildman–Crippen LogP) is 5.78. The molecule has 0 atom stereocenters. The molecule has 1 heterocycles. The van der Waals surface area contributed by atoms with Gasteiger partial charge in [0.15, 0.2) is 5.76 Å². The first-order valence-corrected chi connectivity index (χ1v) is 7.51. The molecule has 122 valence electrons. The second-order valence-corrected chi connectivity index (χ2v) is 5.71. The van der Waals surface area contributed by atoms with Gasteiger partial charge in [-0.25, -0.2) is 8.78 Å². The van der Waals surface area contributed by atoms with Gasteiger partial charge in [0.25, 0.3) is 5.91 Å². The van der Waals surface area contributed by atoms with Crippen molar-refractivity contribution in [3.63, 3.8) is 0 Å². The Labute approximate surface area is 145 Å². The molecule has 1 N–H and O–H groups in total. The standard InChI is InChI=1S/C17H9Cl2F2NO2/c18-9-1-3-12(19)11(7-9)15-5-6-16(24-15)17(23)22-14-4-2-10(20)8-13(14)21/h1-8H,(H,22,23). The quantitative estimate of drug-likeness (QED) is 0.636.